The third-order valence-electron chi connectivity index (χ3n) is 0.820. The monoisotopic (exact) mass is 108 g/mol. The highest BCUT2D eigenvalue weighted by atomic mass is 16.3. The van der Waals surface area contributed by atoms with Crippen molar-refractivity contribution in [3.05, 3.63) is 35.8 Å². The number of nitrogens with two attached hydrogens (primary N) is 1. The molecule has 8 heavy (non-hydrogen) atoms. The van der Waals surface area contributed by atoms with E-state index in [9.17, 15) is 0 Å². The van der Waals surface area contributed by atoms with Crippen molar-refractivity contribution in [3.63, 3.8) is 0 Å². The minimum absolute atomic E-state index is 0.124. The van der Waals surface area contributed by atoms with E-state index in [-0.39, 0.29) is 5.76 Å². The van der Waals surface area contributed by atoms with E-state index >= 15 is 0 Å². The first-order chi connectivity index (χ1) is 3.79. The molecule has 1 aliphatic carbocycles. The van der Waals surface area contributed by atoms with Crippen LogP contribution in [0, 0.1) is 6.08 Å². The molecule has 0 amide bonds. The second-order valence-electron chi connectivity index (χ2n) is 1.51. The summed E-state index contributed by atoms with van der Waals surface area (Å²) in [4.78, 5) is 0. The van der Waals surface area contributed by atoms with E-state index in [0.717, 1.165) is 0 Å². The van der Waals surface area contributed by atoms with Crippen LogP contribution in [-0.4, -0.2) is 5.11 Å². The lowest BCUT2D eigenvalue weighted by molar-refractivity contribution is 0.429. The molecule has 0 radical (unpaired) electrons. The van der Waals surface area contributed by atoms with Crippen LogP contribution in [0.4, 0.5) is 0 Å². The topological polar surface area (TPSA) is 46.2 Å². The normalized spacial score (nSPS) is 16.5. The minimum atomic E-state index is 0.124. The lowest BCUT2D eigenvalue weighted by Gasteiger charge is -1.84. The molecule has 2 heteroatoms. The van der Waals surface area contributed by atoms with E-state index in [1.54, 1.807) is 6.08 Å². The fourth-order valence-corrected chi connectivity index (χ4v) is 0.429. The van der Waals surface area contributed by atoms with Crippen LogP contribution in [-0.2, 0) is 0 Å². The molecule has 0 spiro atoms. The molecule has 0 aromatic heterocycles. The molecule has 40 valence electrons. The number of rotatable bonds is 0. The van der Waals surface area contributed by atoms with Crippen molar-refractivity contribution in [1.29, 1.82) is 0 Å². The fourth-order valence-electron chi connectivity index (χ4n) is 0.429. The first-order valence-corrected chi connectivity index (χ1v) is 2.25. The van der Waals surface area contributed by atoms with Gasteiger partial charge in [0.05, 0.1) is 18.2 Å². The van der Waals surface area contributed by atoms with Crippen LogP contribution in [0.15, 0.2) is 29.7 Å². The maximum atomic E-state index is 8.65. The zero-order valence-corrected chi connectivity index (χ0v) is 4.26. The Morgan fingerprint density at radius 2 is 2.25 bits per heavy atom. The van der Waals surface area contributed by atoms with Gasteiger partial charge in [-0.05, 0) is 0 Å². The van der Waals surface area contributed by atoms with Crippen molar-refractivity contribution in [2.45, 2.75) is 0 Å². The lowest BCUT2D eigenvalue weighted by Crippen LogP contribution is -1.95. The summed E-state index contributed by atoms with van der Waals surface area (Å²) in [6, 6.07) is 0. The van der Waals surface area contributed by atoms with Crippen LogP contribution in [0.3, 0.4) is 0 Å². The molecule has 0 saturated carbocycles. The van der Waals surface area contributed by atoms with Gasteiger partial charge in [0.2, 0.25) is 0 Å². The fraction of sp³-hybridized carbons (Fsp3) is 0. The molecular weight excluding hydrogens is 102 g/mol. The van der Waals surface area contributed by atoms with Crippen molar-refractivity contribution in [2.24, 2.45) is 5.73 Å². The van der Waals surface area contributed by atoms with E-state index in [4.69, 9.17) is 10.8 Å². The molecule has 2 nitrogen and oxygen atoms in total. The summed E-state index contributed by atoms with van der Waals surface area (Å²) >= 11 is 0. The molecule has 0 heterocycles. The molecule has 0 bridgehead atoms. The second-order valence-corrected chi connectivity index (χ2v) is 1.51. The van der Waals surface area contributed by atoms with E-state index in [1.165, 1.54) is 12.2 Å². The van der Waals surface area contributed by atoms with Gasteiger partial charge < -0.3 is 10.8 Å². The summed E-state index contributed by atoms with van der Waals surface area (Å²) in [5.74, 6) is 0.124. The third kappa shape index (κ3) is 0.863. The largest absolute Gasteiger partial charge is 0.481 e. The van der Waals surface area contributed by atoms with Crippen molar-refractivity contribution in [2.75, 3.05) is 0 Å². The predicted molar refractivity (Wildman–Crippen MR) is 30.8 cm³/mol. The molecular formula is C6H6NO+. The minimum Gasteiger partial charge on any atom is -0.481 e. The Morgan fingerprint density at radius 3 is 2.62 bits per heavy atom. The van der Waals surface area contributed by atoms with Gasteiger partial charge in [-0.15, -0.1) is 0 Å². The van der Waals surface area contributed by atoms with Crippen LogP contribution in [0.5, 0.6) is 0 Å². The first-order valence-electron chi connectivity index (χ1n) is 2.25. The zero-order chi connectivity index (χ0) is 5.98. The summed E-state index contributed by atoms with van der Waals surface area (Å²) in [6.45, 7) is 0. The van der Waals surface area contributed by atoms with Gasteiger partial charge in [0.25, 0.3) is 5.76 Å². The second kappa shape index (κ2) is 1.68. The SMILES string of the molecule is NC1=C[C+]=C(O)C=C1. The average molecular weight is 108 g/mol. The standard InChI is InChI=1S/C6H5NO/c7-5-1-3-6(8)4-2-5/h1-3H,7H2/p+1. The number of hydrogen-bond acceptors (Lipinski definition) is 2. The Balaban J connectivity index is 2.86. The van der Waals surface area contributed by atoms with Crippen LogP contribution in [0.2, 0.25) is 0 Å². The predicted octanol–water partition coefficient (Wildman–Crippen LogP) is 0.644. The highest BCUT2D eigenvalue weighted by Crippen LogP contribution is 2.00. The van der Waals surface area contributed by atoms with Crippen LogP contribution < -0.4 is 5.73 Å². The van der Waals surface area contributed by atoms with Crippen LogP contribution >= 0.6 is 0 Å². The number of allylic oxidation sites excluding steroid dienone is 4. The highest BCUT2D eigenvalue weighted by Gasteiger charge is 2.01. The molecule has 3 N–H and O–H groups in total. The summed E-state index contributed by atoms with van der Waals surface area (Å²) in [5.41, 5.74) is 5.90. The van der Waals surface area contributed by atoms with Gasteiger partial charge >= 0.3 is 0 Å². The van der Waals surface area contributed by atoms with Crippen LogP contribution in [0.1, 0.15) is 0 Å². The van der Waals surface area contributed by atoms with Gasteiger partial charge in [0.15, 0.2) is 0 Å². The average Bonchev–Trinajstić information content (AvgIpc) is 1.77. The number of aliphatic hydroxyl groups excluding tert-OH is 1. The van der Waals surface area contributed by atoms with E-state index in [1.807, 2.05) is 0 Å². The maximum Gasteiger partial charge on any atom is 0.287 e. The molecule has 1 rings (SSSR count). The van der Waals surface area contributed by atoms with Gasteiger partial charge in [-0.25, -0.2) is 0 Å². The van der Waals surface area contributed by atoms with Gasteiger partial charge in [0, 0.05) is 0 Å². The summed E-state index contributed by atoms with van der Waals surface area (Å²) in [5, 5.41) is 8.65. The highest BCUT2D eigenvalue weighted by molar-refractivity contribution is 5.29. The molecule has 0 saturated heterocycles. The summed E-state index contributed by atoms with van der Waals surface area (Å²) < 4.78 is 0. The Kier molecular flexibility index (Phi) is 1.03. The smallest absolute Gasteiger partial charge is 0.287 e. The quantitative estimate of drug-likeness (QED) is 0.447. The van der Waals surface area contributed by atoms with Crippen molar-refractivity contribution in [1.82, 2.24) is 0 Å². The third-order valence-corrected chi connectivity index (χ3v) is 0.820. The molecule has 0 fully saturated rings. The lowest BCUT2D eigenvalue weighted by atomic mass is 10.2. The Bertz CT molecular complexity index is 157. The van der Waals surface area contributed by atoms with Gasteiger partial charge in [0.1, 0.15) is 11.8 Å². The van der Waals surface area contributed by atoms with E-state index in [0.29, 0.717) is 5.70 Å². The van der Waals surface area contributed by atoms with Crippen molar-refractivity contribution >= 4 is 0 Å². The summed E-state index contributed by atoms with van der Waals surface area (Å²) in [7, 11) is 0. The molecule has 0 aromatic rings. The summed E-state index contributed by atoms with van der Waals surface area (Å²) in [6.07, 6.45) is 7.17. The van der Waals surface area contributed by atoms with Crippen molar-refractivity contribution < 1.29 is 5.11 Å². The Morgan fingerprint density at radius 1 is 1.50 bits per heavy atom. The number of hydrogen-bond donors (Lipinski definition) is 2. The van der Waals surface area contributed by atoms with Crippen LogP contribution in [0.25, 0.3) is 0 Å². The molecule has 0 atom stereocenters. The Hall–Kier alpha value is -1.27. The zero-order valence-electron chi connectivity index (χ0n) is 4.26. The first kappa shape index (κ1) is 4.88. The molecule has 0 unspecified atom stereocenters. The Labute approximate surface area is 47.6 Å². The maximum absolute atomic E-state index is 8.65. The van der Waals surface area contributed by atoms with Crippen molar-refractivity contribution in [3.8, 4) is 0 Å². The molecule has 1 aliphatic rings. The van der Waals surface area contributed by atoms with Gasteiger partial charge in [-0.3, -0.25) is 0 Å². The van der Waals surface area contributed by atoms with Gasteiger partial charge in [-0.1, -0.05) is 0 Å². The van der Waals surface area contributed by atoms with E-state index < -0.39 is 0 Å². The van der Waals surface area contributed by atoms with Gasteiger partial charge in [-0.2, -0.15) is 0 Å². The molecule has 0 aliphatic heterocycles. The molecule has 0 aromatic carbocycles. The number of aliphatic hydroxyl groups is 1. The van der Waals surface area contributed by atoms with E-state index in [2.05, 4.69) is 6.08 Å².